The Morgan fingerprint density at radius 1 is 1.17 bits per heavy atom. The summed E-state index contributed by atoms with van der Waals surface area (Å²) < 4.78 is 22.0. The van der Waals surface area contributed by atoms with E-state index < -0.39 is 0 Å². The van der Waals surface area contributed by atoms with Crippen LogP contribution in [0, 0.1) is 6.92 Å². The van der Waals surface area contributed by atoms with Crippen molar-refractivity contribution in [1.82, 2.24) is 15.2 Å². The highest BCUT2D eigenvalue weighted by molar-refractivity contribution is 7.98. The first-order valence-electron chi connectivity index (χ1n) is 8.94. The summed E-state index contributed by atoms with van der Waals surface area (Å²) in [6.45, 7) is 4.39. The van der Waals surface area contributed by atoms with E-state index in [9.17, 15) is 0 Å². The van der Waals surface area contributed by atoms with Crippen molar-refractivity contribution in [2.24, 2.45) is 0 Å². The van der Waals surface area contributed by atoms with E-state index in [0.29, 0.717) is 29.2 Å². The van der Waals surface area contributed by atoms with Crippen LogP contribution in [-0.2, 0) is 5.75 Å². The van der Waals surface area contributed by atoms with E-state index in [-0.39, 0.29) is 0 Å². The molecule has 0 radical (unpaired) electrons. The first-order valence-corrected chi connectivity index (χ1v) is 10.8. The fourth-order valence-corrected chi connectivity index (χ4v) is 4.28. The molecule has 150 valence electrons. The number of thioether (sulfide) groups is 1. The standard InChI is InChI=1S/C20H19N3O4S2/c1-4-25-16-6-5-13(9-17(16)24-3)19-21-14(10-28-19)11-29-20-23-22-18(27-20)15-7-8-26-12(15)2/h5-10H,4,11H2,1-3H3. The van der Waals surface area contributed by atoms with E-state index in [1.54, 1.807) is 24.7 Å². The molecule has 3 aromatic heterocycles. The molecule has 0 atom stereocenters. The summed E-state index contributed by atoms with van der Waals surface area (Å²) in [5.41, 5.74) is 2.74. The summed E-state index contributed by atoms with van der Waals surface area (Å²) >= 11 is 3.03. The summed E-state index contributed by atoms with van der Waals surface area (Å²) in [6.07, 6.45) is 1.61. The van der Waals surface area contributed by atoms with Gasteiger partial charge in [-0.2, -0.15) is 0 Å². The molecule has 1 aromatic carbocycles. The Kier molecular flexibility index (Phi) is 5.86. The maximum absolute atomic E-state index is 5.71. The molecule has 0 bridgehead atoms. The van der Waals surface area contributed by atoms with Gasteiger partial charge in [0.1, 0.15) is 10.8 Å². The first-order chi connectivity index (χ1) is 14.2. The summed E-state index contributed by atoms with van der Waals surface area (Å²) in [5.74, 6) is 3.27. The third-order valence-corrected chi connectivity index (χ3v) is 5.89. The van der Waals surface area contributed by atoms with E-state index in [4.69, 9.17) is 23.3 Å². The molecule has 0 saturated carbocycles. The topological polar surface area (TPSA) is 83.4 Å². The van der Waals surface area contributed by atoms with Crippen LogP contribution in [-0.4, -0.2) is 28.9 Å². The number of benzene rings is 1. The Morgan fingerprint density at radius 3 is 2.83 bits per heavy atom. The maximum atomic E-state index is 5.71. The number of hydrogen-bond acceptors (Lipinski definition) is 9. The van der Waals surface area contributed by atoms with Gasteiger partial charge in [-0.05, 0) is 38.1 Å². The second kappa shape index (κ2) is 8.71. The molecule has 29 heavy (non-hydrogen) atoms. The number of rotatable bonds is 8. The zero-order chi connectivity index (χ0) is 20.2. The lowest BCUT2D eigenvalue weighted by atomic mass is 10.2. The first kappa shape index (κ1) is 19.5. The van der Waals surface area contributed by atoms with Crippen molar-refractivity contribution in [3.63, 3.8) is 0 Å². The lowest BCUT2D eigenvalue weighted by molar-refractivity contribution is 0.311. The van der Waals surface area contributed by atoms with E-state index in [1.807, 2.05) is 43.5 Å². The van der Waals surface area contributed by atoms with Crippen molar-refractivity contribution < 1.29 is 18.3 Å². The fraction of sp³-hybridized carbons (Fsp3) is 0.250. The maximum Gasteiger partial charge on any atom is 0.277 e. The van der Waals surface area contributed by atoms with E-state index in [2.05, 4.69) is 10.2 Å². The number of hydrogen-bond donors (Lipinski definition) is 0. The molecule has 0 unspecified atom stereocenters. The Balaban J connectivity index is 1.44. The Labute approximate surface area is 176 Å². The van der Waals surface area contributed by atoms with Gasteiger partial charge in [0.05, 0.1) is 31.2 Å². The third kappa shape index (κ3) is 4.30. The minimum Gasteiger partial charge on any atom is -0.493 e. The Morgan fingerprint density at radius 2 is 2.07 bits per heavy atom. The number of thiazole rings is 1. The van der Waals surface area contributed by atoms with Gasteiger partial charge in [0.25, 0.3) is 11.1 Å². The van der Waals surface area contributed by atoms with Crippen LogP contribution in [0.15, 0.2) is 50.0 Å². The summed E-state index contributed by atoms with van der Waals surface area (Å²) in [6, 6.07) is 7.65. The monoisotopic (exact) mass is 429 g/mol. The van der Waals surface area contributed by atoms with Gasteiger partial charge >= 0.3 is 0 Å². The smallest absolute Gasteiger partial charge is 0.277 e. The second-order valence-corrected chi connectivity index (χ2v) is 7.78. The van der Waals surface area contributed by atoms with Crippen LogP contribution in [0.3, 0.4) is 0 Å². The van der Waals surface area contributed by atoms with Gasteiger partial charge in [-0.15, -0.1) is 21.5 Å². The van der Waals surface area contributed by atoms with Gasteiger partial charge in [-0.25, -0.2) is 4.98 Å². The van der Waals surface area contributed by atoms with Crippen LogP contribution in [0.25, 0.3) is 22.0 Å². The van der Waals surface area contributed by atoms with Crippen molar-refractivity contribution in [2.45, 2.75) is 24.8 Å². The van der Waals surface area contributed by atoms with E-state index in [0.717, 1.165) is 33.3 Å². The van der Waals surface area contributed by atoms with Crippen LogP contribution in [0.2, 0.25) is 0 Å². The minimum absolute atomic E-state index is 0.458. The van der Waals surface area contributed by atoms with Crippen LogP contribution in [0.1, 0.15) is 18.4 Å². The van der Waals surface area contributed by atoms with Crippen LogP contribution >= 0.6 is 23.1 Å². The highest BCUT2D eigenvalue weighted by atomic mass is 32.2. The highest BCUT2D eigenvalue weighted by Crippen LogP contribution is 2.35. The number of aryl methyl sites for hydroxylation is 1. The molecule has 4 rings (SSSR count). The molecule has 0 fully saturated rings. The van der Waals surface area contributed by atoms with Crippen molar-refractivity contribution in [3.05, 3.63) is 47.4 Å². The molecule has 0 spiro atoms. The van der Waals surface area contributed by atoms with Gasteiger partial charge in [0.15, 0.2) is 11.5 Å². The number of methoxy groups -OCH3 is 1. The molecule has 0 aliphatic heterocycles. The molecule has 0 amide bonds. The van der Waals surface area contributed by atoms with Gasteiger partial charge < -0.3 is 18.3 Å². The largest absolute Gasteiger partial charge is 0.493 e. The number of ether oxygens (including phenoxy) is 2. The van der Waals surface area contributed by atoms with Crippen LogP contribution in [0.4, 0.5) is 0 Å². The normalized spacial score (nSPS) is 11.0. The fourth-order valence-electron chi connectivity index (χ4n) is 2.70. The molecular formula is C20H19N3O4S2. The van der Waals surface area contributed by atoms with Crippen molar-refractivity contribution in [1.29, 1.82) is 0 Å². The van der Waals surface area contributed by atoms with Crippen LogP contribution < -0.4 is 9.47 Å². The highest BCUT2D eigenvalue weighted by Gasteiger charge is 2.14. The molecule has 0 saturated heterocycles. The Hall–Kier alpha value is -2.78. The third-order valence-electron chi connectivity index (χ3n) is 4.10. The quantitative estimate of drug-likeness (QED) is 0.341. The molecule has 0 N–H and O–H groups in total. The summed E-state index contributed by atoms with van der Waals surface area (Å²) in [5, 5.41) is 11.6. The average molecular weight is 430 g/mol. The predicted molar refractivity (Wildman–Crippen MR) is 112 cm³/mol. The molecule has 9 heteroatoms. The van der Waals surface area contributed by atoms with Gasteiger partial charge in [-0.3, -0.25) is 0 Å². The molecule has 7 nitrogen and oxygen atoms in total. The lowest BCUT2D eigenvalue weighted by Gasteiger charge is -2.09. The average Bonchev–Trinajstić information content (AvgIpc) is 3.47. The number of nitrogens with zero attached hydrogens (tertiary/aromatic N) is 3. The zero-order valence-corrected chi connectivity index (χ0v) is 17.8. The molecule has 4 aromatic rings. The lowest BCUT2D eigenvalue weighted by Crippen LogP contribution is -1.95. The number of aromatic nitrogens is 3. The zero-order valence-electron chi connectivity index (χ0n) is 16.2. The molecule has 0 aliphatic carbocycles. The second-order valence-electron chi connectivity index (χ2n) is 5.99. The minimum atomic E-state index is 0.458. The molecule has 3 heterocycles. The van der Waals surface area contributed by atoms with Crippen LogP contribution in [0.5, 0.6) is 11.5 Å². The Bertz CT molecular complexity index is 1100. The van der Waals surface area contributed by atoms with Crippen molar-refractivity contribution in [2.75, 3.05) is 13.7 Å². The van der Waals surface area contributed by atoms with Gasteiger partial charge in [0.2, 0.25) is 0 Å². The van der Waals surface area contributed by atoms with Crippen molar-refractivity contribution in [3.8, 4) is 33.5 Å². The summed E-state index contributed by atoms with van der Waals surface area (Å²) in [7, 11) is 1.63. The SMILES string of the molecule is CCOc1ccc(-c2nc(CSc3nnc(-c4ccoc4C)o3)cs2)cc1OC. The number of furan rings is 1. The van der Waals surface area contributed by atoms with Crippen molar-refractivity contribution >= 4 is 23.1 Å². The van der Waals surface area contributed by atoms with Gasteiger partial charge in [-0.1, -0.05) is 11.8 Å². The molecule has 0 aliphatic rings. The van der Waals surface area contributed by atoms with E-state index in [1.165, 1.54) is 11.8 Å². The molecular weight excluding hydrogens is 410 g/mol. The summed E-state index contributed by atoms with van der Waals surface area (Å²) in [4.78, 5) is 4.71. The van der Waals surface area contributed by atoms with Gasteiger partial charge in [0, 0.05) is 16.7 Å². The predicted octanol–water partition coefficient (Wildman–Crippen LogP) is 5.46. The van der Waals surface area contributed by atoms with E-state index >= 15 is 0 Å².